The van der Waals surface area contributed by atoms with E-state index in [4.69, 9.17) is 9.97 Å². The molecule has 1 aliphatic carbocycles. The van der Waals surface area contributed by atoms with Crippen molar-refractivity contribution in [3.63, 3.8) is 0 Å². The molecule has 0 radical (unpaired) electrons. The molecular weight excluding hydrogens is 649 g/mol. The van der Waals surface area contributed by atoms with Gasteiger partial charge in [0.15, 0.2) is 5.82 Å². The third-order valence-electron chi connectivity index (χ3n) is 10.7. The minimum absolute atomic E-state index is 0.174. The van der Waals surface area contributed by atoms with E-state index in [2.05, 4.69) is 178 Å². The molecule has 2 heterocycles. The van der Waals surface area contributed by atoms with Crippen molar-refractivity contribution in [3.8, 4) is 67.3 Å². The number of aromatic nitrogens is 2. The molecule has 0 atom stereocenters. The molecule has 3 heteroatoms. The maximum Gasteiger partial charge on any atom is 0.160 e. The van der Waals surface area contributed by atoms with E-state index < -0.39 is 0 Å². The Kier molecular flexibility index (Phi) is 7.06. The van der Waals surface area contributed by atoms with Crippen LogP contribution in [0.1, 0.15) is 25.0 Å². The lowest BCUT2D eigenvalue weighted by Gasteiger charge is -2.24. The van der Waals surface area contributed by atoms with Gasteiger partial charge < -0.3 is 0 Å². The summed E-state index contributed by atoms with van der Waals surface area (Å²) in [4.78, 5) is 10.6. The third-order valence-corrected chi connectivity index (χ3v) is 11.8. The van der Waals surface area contributed by atoms with Gasteiger partial charge in [-0.1, -0.05) is 147 Å². The highest BCUT2D eigenvalue weighted by molar-refractivity contribution is 7.25. The predicted octanol–water partition coefficient (Wildman–Crippen LogP) is 13.5. The van der Waals surface area contributed by atoms with Crippen LogP contribution in [0.2, 0.25) is 0 Å². The molecule has 9 aromatic rings. The van der Waals surface area contributed by atoms with Gasteiger partial charge in [-0.05, 0) is 80.9 Å². The van der Waals surface area contributed by atoms with E-state index in [1.807, 2.05) is 17.4 Å². The molecule has 0 amide bonds. The molecule has 246 valence electrons. The monoisotopic (exact) mass is 682 g/mol. The molecular formula is C49H34N2S. The van der Waals surface area contributed by atoms with Gasteiger partial charge in [-0.15, -0.1) is 11.3 Å². The first-order valence-electron chi connectivity index (χ1n) is 17.8. The molecule has 0 saturated carbocycles. The standard InChI is InChI=1S/C49H34N2S/c1-49(2)42-22-11-9-18-37(42)40-20-13-21-41(47(40)49)44-30-43(50-48(51-44)32-16-7-4-8-17-32)36-27-34(31-14-5-3-6-15-31)26-35(28-36)33-24-25-39-38-19-10-12-23-45(38)52-46(39)29-33/h3-30H,1-2H3. The summed E-state index contributed by atoms with van der Waals surface area (Å²) in [5.41, 5.74) is 14.8. The number of rotatable bonds is 5. The van der Waals surface area contributed by atoms with Gasteiger partial charge in [-0.25, -0.2) is 9.97 Å². The Morgan fingerprint density at radius 1 is 0.404 bits per heavy atom. The molecule has 0 saturated heterocycles. The van der Waals surface area contributed by atoms with E-state index in [9.17, 15) is 0 Å². The second kappa shape index (κ2) is 12.0. The number of fused-ring (bicyclic) bond motifs is 6. The van der Waals surface area contributed by atoms with Crippen LogP contribution in [0, 0.1) is 0 Å². The van der Waals surface area contributed by atoms with Crippen molar-refractivity contribution in [2.45, 2.75) is 19.3 Å². The lowest BCUT2D eigenvalue weighted by molar-refractivity contribution is 0.662. The lowest BCUT2D eigenvalue weighted by atomic mass is 9.79. The van der Waals surface area contributed by atoms with E-state index in [0.29, 0.717) is 0 Å². The van der Waals surface area contributed by atoms with Crippen LogP contribution in [-0.4, -0.2) is 9.97 Å². The zero-order valence-electron chi connectivity index (χ0n) is 29.0. The average Bonchev–Trinajstić information content (AvgIpc) is 3.70. The topological polar surface area (TPSA) is 25.8 Å². The highest BCUT2D eigenvalue weighted by atomic mass is 32.1. The van der Waals surface area contributed by atoms with Gasteiger partial charge in [0.2, 0.25) is 0 Å². The Labute approximate surface area is 307 Å². The molecule has 2 aromatic heterocycles. The van der Waals surface area contributed by atoms with Crippen LogP contribution in [0.5, 0.6) is 0 Å². The summed E-state index contributed by atoms with van der Waals surface area (Å²) in [7, 11) is 0. The number of nitrogens with zero attached hydrogens (tertiary/aromatic N) is 2. The van der Waals surface area contributed by atoms with Crippen molar-refractivity contribution >= 4 is 31.5 Å². The zero-order chi connectivity index (χ0) is 34.8. The molecule has 0 aliphatic heterocycles. The van der Waals surface area contributed by atoms with E-state index in [1.54, 1.807) is 0 Å². The Bertz CT molecular complexity index is 2810. The molecule has 52 heavy (non-hydrogen) atoms. The summed E-state index contributed by atoms with van der Waals surface area (Å²) in [6, 6.07) is 61.2. The molecule has 7 aromatic carbocycles. The Morgan fingerprint density at radius 2 is 1.02 bits per heavy atom. The first-order chi connectivity index (χ1) is 25.5. The van der Waals surface area contributed by atoms with Crippen LogP contribution in [0.3, 0.4) is 0 Å². The third kappa shape index (κ3) is 5.00. The summed E-state index contributed by atoms with van der Waals surface area (Å²) in [6.07, 6.45) is 0. The van der Waals surface area contributed by atoms with Gasteiger partial charge in [0.25, 0.3) is 0 Å². The Morgan fingerprint density at radius 3 is 1.85 bits per heavy atom. The Balaban J connectivity index is 1.20. The smallest absolute Gasteiger partial charge is 0.160 e. The van der Waals surface area contributed by atoms with Gasteiger partial charge in [0.1, 0.15) is 0 Å². The summed E-state index contributed by atoms with van der Waals surface area (Å²) >= 11 is 1.86. The normalized spacial score (nSPS) is 13.0. The van der Waals surface area contributed by atoms with Crippen LogP contribution in [0.25, 0.3) is 87.5 Å². The maximum atomic E-state index is 5.31. The average molecular weight is 683 g/mol. The maximum absolute atomic E-state index is 5.31. The van der Waals surface area contributed by atoms with Gasteiger partial charge in [-0.3, -0.25) is 0 Å². The second-order valence-corrected chi connectivity index (χ2v) is 15.3. The van der Waals surface area contributed by atoms with Gasteiger partial charge in [-0.2, -0.15) is 0 Å². The molecule has 2 nitrogen and oxygen atoms in total. The summed E-state index contributed by atoms with van der Waals surface area (Å²) in [5.74, 6) is 0.720. The van der Waals surface area contributed by atoms with Crippen LogP contribution < -0.4 is 0 Å². The lowest BCUT2D eigenvalue weighted by Crippen LogP contribution is -2.16. The van der Waals surface area contributed by atoms with Crippen LogP contribution in [0.4, 0.5) is 0 Å². The van der Waals surface area contributed by atoms with E-state index in [-0.39, 0.29) is 5.41 Å². The molecule has 0 spiro atoms. The van der Waals surface area contributed by atoms with E-state index in [0.717, 1.165) is 45.0 Å². The summed E-state index contributed by atoms with van der Waals surface area (Å²) in [6.45, 7) is 4.68. The number of thiophene rings is 1. The van der Waals surface area contributed by atoms with Crippen molar-refractivity contribution in [2.24, 2.45) is 0 Å². The highest BCUT2D eigenvalue weighted by Gasteiger charge is 2.37. The molecule has 10 rings (SSSR count). The molecule has 0 fully saturated rings. The zero-order valence-corrected chi connectivity index (χ0v) is 29.8. The molecule has 0 N–H and O–H groups in total. The van der Waals surface area contributed by atoms with Gasteiger partial charge >= 0.3 is 0 Å². The van der Waals surface area contributed by atoms with Gasteiger partial charge in [0.05, 0.1) is 11.4 Å². The van der Waals surface area contributed by atoms with E-state index in [1.165, 1.54) is 53.6 Å². The fourth-order valence-corrected chi connectivity index (χ4v) is 9.30. The first-order valence-corrected chi connectivity index (χ1v) is 18.6. The number of hydrogen-bond donors (Lipinski definition) is 0. The van der Waals surface area contributed by atoms with Crippen molar-refractivity contribution in [3.05, 3.63) is 181 Å². The van der Waals surface area contributed by atoms with Crippen molar-refractivity contribution in [2.75, 3.05) is 0 Å². The largest absolute Gasteiger partial charge is 0.228 e. The SMILES string of the molecule is CC1(C)c2ccccc2-c2cccc(-c3cc(-c4cc(-c5ccccc5)cc(-c5ccc6c(c5)sc5ccccc56)c4)nc(-c4ccccc4)n3)c21. The molecule has 1 aliphatic rings. The fraction of sp³-hybridized carbons (Fsp3) is 0.0612. The molecule has 0 bridgehead atoms. The van der Waals surface area contributed by atoms with Crippen molar-refractivity contribution in [1.82, 2.24) is 9.97 Å². The van der Waals surface area contributed by atoms with Crippen molar-refractivity contribution < 1.29 is 0 Å². The highest BCUT2D eigenvalue weighted by Crippen LogP contribution is 2.52. The predicted molar refractivity (Wildman–Crippen MR) is 220 cm³/mol. The quantitative estimate of drug-likeness (QED) is 0.181. The first kappa shape index (κ1) is 30.6. The van der Waals surface area contributed by atoms with Gasteiger partial charge in [0, 0.05) is 42.3 Å². The second-order valence-electron chi connectivity index (χ2n) is 14.2. The summed E-state index contributed by atoms with van der Waals surface area (Å²) in [5, 5.41) is 2.62. The van der Waals surface area contributed by atoms with Crippen LogP contribution in [-0.2, 0) is 5.41 Å². The Hall–Kier alpha value is -6.16. The summed E-state index contributed by atoms with van der Waals surface area (Å²) < 4.78 is 2.61. The van der Waals surface area contributed by atoms with Crippen LogP contribution in [0.15, 0.2) is 170 Å². The van der Waals surface area contributed by atoms with Crippen molar-refractivity contribution in [1.29, 1.82) is 0 Å². The molecule has 0 unspecified atom stereocenters. The minimum atomic E-state index is -0.174. The van der Waals surface area contributed by atoms with E-state index >= 15 is 0 Å². The number of benzene rings is 7. The number of hydrogen-bond acceptors (Lipinski definition) is 3. The fourth-order valence-electron chi connectivity index (χ4n) is 8.16. The minimum Gasteiger partial charge on any atom is -0.228 e. The van der Waals surface area contributed by atoms with Crippen LogP contribution >= 0.6 is 11.3 Å².